The van der Waals surface area contributed by atoms with Crippen LogP contribution in [0.25, 0.3) is 0 Å². The van der Waals surface area contributed by atoms with Crippen molar-refractivity contribution in [3.8, 4) is 0 Å². The number of likely N-dealkylation sites (tertiary alicyclic amines) is 3. The van der Waals surface area contributed by atoms with Gasteiger partial charge in [-0.1, -0.05) is 20.3 Å². The summed E-state index contributed by atoms with van der Waals surface area (Å²) >= 11 is 0. The molecule has 3 heterocycles. The molecule has 0 saturated carbocycles. The average Bonchev–Trinajstić information content (AvgIpc) is 3.38. The Morgan fingerprint density at radius 1 is 0.931 bits per heavy atom. The maximum Gasteiger partial charge on any atom is 0.222 e. The minimum atomic E-state index is 0.106. The summed E-state index contributed by atoms with van der Waals surface area (Å²) in [6.45, 7) is 16.7. The van der Waals surface area contributed by atoms with Crippen molar-refractivity contribution in [2.75, 3.05) is 52.4 Å². The largest absolute Gasteiger partial charge is 0.396 e. The lowest BCUT2D eigenvalue weighted by Gasteiger charge is -2.30. The summed E-state index contributed by atoms with van der Waals surface area (Å²) in [4.78, 5) is 17.5. The molecular weight excluding hydrogens is 362 g/mol. The second-order valence-electron chi connectivity index (χ2n) is 9.68. The first-order valence-corrected chi connectivity index (χ1v) is 11.9. The molecule has 166 valence electrons. The number of piperidine rings is 1. The molecule has 3 fully saturated rings. The quantitative estimate of drug-likeness (QED) is 0.545. The molecule has 0 aromatic heterocycles. The number of aliphatic imine (C=N–C) groups is 2. The van der Waals surface area contributed by atoms with E-state index in [-0.39, 0.29) is 12.8 Å². The van der Waals surface area contributed by atoms with E-state index in [2.05, 4.69) is 42.4 Å². The van der Waals surface area contributed by atoms with Crippen molar-refractivity contribution in [1.29, 1.82) is 0 Å². The van der Waals surface area contributed by atoms with Crippen molar-refractivity contribution in [2.24, 2.45) is 27.7 Å². The van der Waals surface area contributed by atoms with Crippen molar-refractivity contribution >= 4 is 11.7 Å². The van der Waals surface area contributed by atoms with Gasteiger partial charge in [0, 0.05) is 51.0 Å². The van der Waals surface area contributed by atoms with Gasteiger partial charge in [0.1, 0.15) is 6.17 Å². The van der Waals surface area contributed by atoms with Gasteiger partial charge in [0.25, 0.3) is 0 Å². The molecule has 0 bridgehead atoms. The molecule has 6 nitrogen and oxygen atoms in total. The summed E-state index contributed by atoms with van der Waals surface area (Å²) in [7, 11) is 0. The molecule has 0 aliphatic carbocycles. The van der Waals surface area contributed by atoms with Crippen LogP contribution in [0.4, 0.5) is 0 Å². The van der Waals surface area contributed by atoms with Crippen LogP contribution >= 0.6 is 0 Å². The molecule has 29 heavy (non-hydrogen) atoms. The van der Waals surface area contributed by atoms with Crippen LogP contribution in [0.5, 0.6) is 0 Å². The molecule has 6 heteroatoms. The fourth-order valence-corrected chi connectivity index (χ4v) is 4.80. The molecule has 0 radical (unpaired) electrons. The standard InChI is InChI=1S/C23H43N5O/c1-18(2)19(3)24-23(27-12-8-9-13-27)25-20(4)28-15-21(22(16-28)17-29)14-26-10-6-5-7-11-26/h18,20-22,29H,5-17H2,1-4H3/b24-19-,25-23+/t20?,21-,22-/m1/s1. The highest BCUT2D eigenvalue weighted by atomic mass is 16.3. The van der Waals surface area contributed by atoms with Crippen molar-refractivity contribution in [3.63, 3.8) is 0 Å². The van der Waals surface area contributed by atoms with E-state index in [1.807, 2.05) is 0 Å². The van der Waals surface area contributed by atoms with Crippen molar-refractivity contribution in [1.82, 2.24) is 14.7 Å². The SMILES string of the molecule is C/C(=N/C(=N\C(C)N1C[C@@H](CN2CCCCC2)[C@@H](CO)C1)N1CCCC1)C(C)C. The summed E-state index contributed by atoms with van der Waals surface area (Å²) in [5.41, 5.74) is 1.15. The van der Waals surface area contributed by atoms with E-state index >= 15 is 0 Å². The predicted molar refractivity (Wildman–Crippen MR) is 122 cm³/mol. The van der Waals surface area contributed by atoms with Gasteiger partial charge in [-0.3, -0.25) is 4.90 Å². The average molecular weight is 406 g/mol. The lowest BCUT2D eigenvalue weighted by atomic mass is 9.95. The second kappa shape index (κ2) is 10.9. The fraction of sp³-hybridized carbons (Fsp3) is 0.913. The van der Waals surface area contributed by atoms with Crippen molar-refractivity contribution in [2.45, 2.75) is 66.0 Å². The Morgan fingerprint density at radius 2 is 1.55 bits per heavy atom. The molecular formula is C23H43N5O. The van der Waals surface area contributed by atoms with Crippen LogP contribution in [-0.4, -0.2) is 90.1 Å². The molecule has 3 rings (SSSR count). The minimum Gasteiger partial charge on any atom is -0.396 e. The molecule has 0 aromatic carbocycles. The smallest absolute Gasteiger partial charge is 0.222 e. The lowest BCUT2D eigenvalue weighted by molar-refractivity contribution is 0.149. The molecule has 1 unspecified atom stereocenters. The number of guanidine groups is 1. The van der Waals surface area contributed by atoms with Crippen molar-refractivity contribution in [3.05, 3.63) is 0 Å². The van der Waals surface area contributed by atoms with Crippen LogP contribution in [0.1, 0.15) is 59.8 Å². The predicted octanol–water partition coefficient (Wildman–Crippen LogP) is 2.93. The summed E-state index contributed by atoms with van der Waals surface area (Å²) < 4.78 is 0. The highest BCUT2D eigenvalue weighted by Crippen LogP contribution is 2.27. The van der Waals surface area contributed by atoms with Gasteiger partial charge in [-0.25, -0.2) is 9.98 Å². The van der Waals surface area contributed by atoms with Gasteiger partial charge >= 0.3 is 0 Å². The Kier molecular flexibility index (Phi) is 8.51. The van der Waals surface area contributed by atoms with Crippen LogP contribution < -0.4 is 0 Å². The number of nitrogens with zero attached hydrogens (tertiary/aromatic N) is 5. The third-order valence-electron chi connectivity index (χ3n) is 7.11. The van der Waals surface area contributed by atoms with Crippen LogP contribution in [0.15, 0.2) is 9.98 Å². The maximum atomic E-state index is 9.99. The zero-order valence-corrected chi connectivity index (χ0v) is 19.2. The second-order valence-corrected chi connectivity index (χ2v) is 9.68. The highest BCUT2D eigenvalue weighted by Gasteiger charge is 2.36. The Labute approximate surface area is 178 Å². The molecule has 0 aromatic rings. The van der Waals surface area contributed by atoms with E-state index in [9.17, 15) is 5.11 Å². The number of rotatable bonds is 6. The number of aliphatic hydroxyl groups excluding tert-OH is 1. The van der Waals surface area contributed by atoms with Gasteiger partial charge in [0.15, 0.2) is 0 Å². The summed E-state index contributed by atoms with van der Waals surface area (Å²) in [5.74, 6) is 2.27. The van der Waals surface area contributed by atoms with Crippen LogP contribution in [0.3, 0.4) is 0 Å². The topological polar surface area (TPSA) is 54.7 Å². The van der Waals surface area contributed by atoms with Gasteiger partial charge < -0.3 is 14.9 Å². The molecule has 3 saturated heterocycles. The Morgan fingerprint density at radius 3 is 2.17 bits per heavy atom. The number of aliphatic hydroxyl groups is 1. The van der Waals surface area contributed by atoms with E-state index in [0.29, 0.717) is 17.8 Å². The third-order valence-corrected chi connectivity index (χ3v) is 7.11. The molecule has 3 atom stereocenters. The lowest BCUT2D eigenvalue weighted by Crippen LogP contribution is -2.38. The van der Waals surface area contributed by atoms with Crippen LogP contribution in [0.2, 0.25) is 0 Å². The molecule has 1 N–H and O–H groups in total. The first-order valence-electron chi connectivity index (χ1n) is 11.9. The van der Waals surface area contributed by atoms with Crippen LogP contribution in [0, 0.1) is 17.8 Å². The highest BCUT2D eigenvalue weighted by molar-refractivity contribution is 5.96. The van der Waals surface area contributed by atoms with E-state index in [1.54, 1.807) is 0 Å². The van der Waals surface area contributed by atoms with Gasteiger partial charge in [0.05, 0.1) is 0 Å². The van der Waals surface area contributed by atoms with Gasteiger partial charge in [-0.05, 0) is 64.5 Å². The number of hydrogen-bond acceptors (Lipinski definition) is 4. The number of hydrogen-bond donors (Lipinski definition) is 1. The van der Waals surface area contributed by atoms with Gasteiger partial charge in [0.2, 0.25) is 5.96 Å². The third kappa shape index (κ3) is 6.25. The summed E-state index contributed by atoms with van der Waals surface area (Å²) in [6.07, 6.45) is 6.60. The van der Waals surface area contributed by atoms with E-state index in [4.69, 9.17) is 9.98 Å². The first kappa shape index (κ1) is 22.7. The zero-order chi connectivity index (χ0) is 20.8. The first-order chi connectivity index (χ1) is 14.0. The van der Waals surface area contributed by atoms with E-state index in [0.717, 1.165) is 44.4 Å². The molecule has 3 aliphatic heterocycles. The molecule has 0 amide bonds. The van der Waals surface area contributed by atoms with Crippen LogP contribution in [-0.2, 0) is 0 Å². The Bertz CT molecular complexity index is 564. The fourth-order valence-electron chi connectivity index (χ4n) is 4.80. The summed E-state index contributed by atoms with van der Waals surface area (Å²) in [5, 5.41) is 9.99. The van der Waals surface area contributed by atoms with Crippen molar-refractivity contribution < 1.29 is 5.11 Å². The van der Waals surface area contributed by atoms with Gasteiger partial charge in [-0.2, -0.15) is 0 Å². The normalized spacial score (nSPS) is 29.2. The Hall–Kier alpha value is -0.980. The maximum absolute atomic E-state index is 9.99. The monoisotopic (exact) mass is 405 g/mol. The van der Waals surface area contributed by atoms with E-state index in [1.165, 1.54) is 45.2 Å². The summed E-state index contributed by atoms with van der Waals surface area (Å²) in [6, 6.07) is 0. The molecule has 3 aliphatic rings. The molecule has 0 spiro atoms. The zero-order valence-electron chi connectivity index (χ0n) is 19.2. The Balaban J connectivity index is 1.67. The minimum absolute atomic E-state index is 0.106. The van der Waals surface area contributed by atoms with E-state index < -0.39 is 0 Å². The van der Waals surface area contributed by atoms with Gasteiger partial charge in [-0.15, -0.1) is 0 Å².